The number of benzene rings is 1. The van der Waals surface area contributed by atoms with Gasteiger partial charge in [0, 0.05) is 12.3 Å². The molecular formula is C14H19N3O3. The summed E-state index contributed by atoms with van der Waals surface area (Å²) < 4.78 is 0. The Kier molecular flexibility index (Phi) is 4.24. The zero-order chi connectivity index (χ0) is 14.6. The van der Waals surface area contributed by atoms with Gasteiger partial charge in [-0.2, -0.15) is 0 Å². The van der Waals surface area contributed by atoms with Crippen LogP contribution in [-0.2, 0) is 11.2 Å². The van der Waals surface area contributed by atoms with Crippen molar-refractivity contribution in [2.75, 3.05) is 11.9 Å². The van der Waals surface area contributed by atoms with Gasteiger partial charge in [0.2, 0.25) is 5.91 Å². The summed E-state index contributed by atoms with van der Waals surface area (Å²) in [6, 6.07) is 7.26. The maximum absolute atomic E-state index is 12.3. The minimum absolute atomic E-state index is 0.0295. The van der Waals surface area contributed by atoms with E-state index in [0.29, 0.717) is 24.9 Å². The maximum Gasteiger partial charge on any atom is 0.238 e. The number of nitrogens with two attached hydrogens (primary N) is 1. The number of oxime groups is 1. The number of anilines is 1. The molecule has 0 heterocycles. The molecule has 0 spiro atoms. The molecule has 1 saturated carbocycles. The molecule has 0 atom stereocenters. The summed E-state index contributed by atoms with van der Waals surface area (Å²) >= 11 is 0. The van der Waals surface area contributed by atoms with E-state index >= 15 is 0 Å². The van der Waals surface area contributed by atoms with Crippen molar-refractivity contribution in [1.82, 2.24) is 0 Å². The van der Waals surface area contributed by atoms with Gasteiger partial charge in [0.15, 0.2) is 5.84 Å². The molecule has 1 aliphatic rings. The Hall–Kier alpha value is -2.08. The SMILES string of the molecule is N/C(=N/O)C1(C(=O)Nc2ccc(CCO)cc2)CCC1. The van der Waals surface area contributed by atoms with E-state index in [1.54, 1.807) is 12.1 Å². The first-order valence-corrected chi connectivity index (χ1v) is 6.61. The summed E-state index contributed by atoms with van der Waals surface area (Å²) in [5.41, 5.74) is 6.43. The number of aliphatic hydroxyl groups is 1. The second-order valence-electron chi connectivity index (χ2n) is 5.05. The lowest BCUT2D eigenvalue weighted by Gasteiger charge is -2.38. The average molecular weight is 277 g/mol. The predicted octanol–water partition coefficient (Wildman–Crippen LogP) is 1.08. The number of nitrogens with zero attached hydrogens (tertiary/aromatic N) is 1. The molecule has 20 heavy (non-hydrogen) atoms. The van der Waals surface area contributed by atoms with Crippen LogP contribution in [0.15, 0.2) is 29.4 Å². The van der Waals surface area contributed by atoms with Crippen molar-refractivity contribution in [2.45, 2.75) is 25.7 Å². The maximum atomic E-state index is 12.3. The van der Waals surface area contributed by atoms with E-state index in [0.717, 1.165) is 12.0 Å². The molecule has 0 saturated heterocycles. The van der Waals surface area contributed by atoms with E-state index in [2.05, 4.69) is 10.5 Å². The normalized spacial score (nSPS) is 17.4. The van der Waals surface area contributed by atoms with E-state index < -0.39 is 5.41 Å². The van der Waals surface area contributed by atoms with E-state index in [4.69, 9.17) is 16.0 Å². The third-order valence-electron chi connectivity index (χ3n) is 3.85. The molecule has 0 radical (unpaired) electrons. The average Bonchev–Trinajstić information content (AvgIpc) is 2.39. The van der Waals surface area contributed by atoms with Crippen LogP contribution in [-0.4, -0.2) is 28.7 Å². The predicted molar refractivity (Wildman–Crippen MR) is 75.6 cm³/mol. The molecule has 6 heteroatoms. The third kappa shape index (κ3) is 2.60. The number of amidine groups is 1. The van der Waals surface area contributed by atoms with Gasteiger partial charge in [-0.25, -0.2) is 0 Å². The Morgan fingerprint density at radius 2 is 2.00 bits per heavy atom. The minimum Gasteiger partial charge on any atom is -0.409 e. The van der Waals surface area contributed by atoms with E-state index in [-0.39, 0.29) is 18.3 Å². The number of nitrogens with one attached hydrogen (secondary N) is 1. The first-order chi connectivity index (χ1) is 9.62. The molecular weight excluding hydrogens is 258 g/mol. The number of amides is 1. The highest BCUT2D eigenvalue weighted by Crippen LogP contribution is 2.42. The molecule has 0 aliphatic heterocycles. The van der Waals surface area contributed by atoms with Crippen LogP contribution in [0, 0.1) is 5.41 Å². The molecule has 1 aromatic carbocycles. The Bertz CT molecular complexity index is 507. The summed E-state index contributed by atoms with van der Waals surface area (Å²) in [5.74, 6) is -0.271. The van der Waals surface area contributed by atoms with Gasteiger partial charge in [0.25, 0.3) is 0 Å². The highest BCUT2D eigenvalue weighted by atomic mass is 16.4. The Morgan fingerprint density at radius 3 is 2.45 bits per heavy atom. The van der Waals surface area contributed by atoms with Crippen LogP contribution < -0.4 is 11.1 Å². The second-order valence-corrected chi connectivity index (χ2v) is 5.05. The number of aliphatic hydroxyl groups excluding tert-OH is 1. The number of hydrogen-bond donors (Lipinski definition) is 4. The smallest absolute Gasteiger partial charge is 0.238 e. The lowest BCUT2D eigenvalue weighted by atomic mass is 9.67. The summed E-state index contributed by atoms with van der Waals surface area (Å²) in [4.78, 5) is 12.3. The van der Waals surface area contributed by atoms with E-state index in [9.17, 15) is 4.79 Å². The molecule has 1 fully saturated rings. The standard InChI is InChI=1S/C14H19N3O3/c15-12(17-20)14(7-1-8-14)13(19)16-11-4-2-10(3-5-11)6-9-18/h2-5,18,20H,1,6-9H2,(H2,15,17)(H,16,19). The molecule has 0 unspecified atom stereocenters. The molecule has 1 aliphatic carbocycles. The van der Waals surface area contributed by atoms with Gasteiger partial charge in [0.1, 0.15) is 5.41 Å². The lowest BCUT2D eigenvalue weighted by Crippen LogP contribution is -2.51. The van der Waals surface area contributed by atoms with Crippen molar-refractivity contribution in [2.24, 2.45) is 16.3 Å². The molecule has 0 bridgehead atoms. The lowest BCUT2D eigenvalue weighted by molar-refractivity contribution is -0.125. The van der Waals surface area contributed by atoms with Gasteiger partial charge in [-0.1, -0.05) is 23.7 Å². The van der Waals surface area contributed by atoms with Crippen LogP contribution in [0.4, 0.5) is 5.69 Å². The van der Waals surface area contributed by atoms with Crippen LogP contribution in [0.5, 0.6) is 0 Å². The van der Waals surface area contributed by atoms with Crippen LogP contribution >= 0.6 is 0 Å². The Morgan fingerprint density at radius 1 is 1.35 bits per heavy atom. The summed E-state index contributed by atoms with van der Waals surface area (Å²) in [6.45, 7) is 0.0956. The zero-order valence-corrected chi connectivity index (χ0v) is 11.2. The quantitative estimate of drug-likeness (QED) is 0.279. The number of hydrogen-bond acceptors (Lipinski definition) is 4. The number of rotatable bonds is 5. The fraction of sp³-hybridized carbons (Fsp3) is 0.429. The van der Waals surface area contributed by atoms with Crippen molar-refractivity contribution in [1.29, 1.82) is 0 Å². The highest BCUT2D eigenvalue weighted by Gasteiger charge is 2.48. The van der Waals surface area contributed by atoms with Crippen LogP contribution in [0.2, 0.25) is 0 Å². The van der Waals surface area contributed by atoms with Gasteiger partial charge < -0.3 is 21.4 Å². The topological polar surface area (TPSA) is 108 Å². The molecule has 1 amide bonds. The first-order valence-electron chi connectivity index (χ1n) is 6.61. The van der Waals surface area contributed by atoms with Crippen molar-refractivity contribution < 1.29 is 15.1 Å². The molecule has 1 aromatic rings. The van der Waals surface area contributed by atoms with Crippen molar-refractivity contribution >= 4 is 17.4 Å². The molecule has 108 valence electrons. The summed E-state index contributed by atoms with van der Waals surface area (Å²) in [7, 11) is 0. The van der Waals surface area contributed by atoms with Crippen molar-refractivity contribution in [3.8, 4) is 0 Å². The number of carbonyl (C=O) groups excluding carboxylic acids is 1. The van der Waals surface area contributed by atoms with Crippen molar-refractivity contribution in [3.05, 3.63) is 29.8 Å². The third-order valence-corrected chi connectivity index (χ3v) is 3.85. The summed E-state index contributed by atoms with van der Waals surface area (Å²) in [5, 5.41) is 23.4. The van der Waals surface area contributed by atoms with Crippen LogP contribution in [0.25, 0.3) is 0 Å². The molecule has 0 aromatic heterocycles. The molecule has 2 rings (SSSR count). The molecule has 6 nitrogen and oxygen atoms in total. The fourth-order valence-corrected chi connectivity index (χ4v) is 2.36. The monoisotopic (exact) mass is 277 g/mol. The van der Waals surface area contributed by atoms with E-state index in [1.165, 1.54) is 0 Å². The van der Waals surface area contributed by atoms with Gasteiger partial charge in [-0.15, -0.1) is 0 Å². The van der Waals surface area contributed by atoms with Gasteiger partial charge >= 0.3 is 0 Å². The summed E-state index contributed by atoms with van der Waals surface area (Å²) in [6.07, 6.45) is 2.66. The Labute approximate surface area is 117 Å². The van der Waals surface area contributed by atoms with Gasteiger partial charge in [-0.05, 0) is 37.0 Å². The van der Waals surface area contributed by atoms with Gasteiger partial charge in [-0.3, -0.25) is 4.79 Å². The second kappa shape index (κ2) is 5.92. The van der Waals surface area contributed by atoms with E-state index in [1.807, 2.05) is 12.1 Å². The minimum atomic E-state index is -0.876. The van der Waals surface area contributed by atoms with Gasteiger partial charge in [0.05, 0.1) is 0 Å². The van der Waals surface area contributed by atoms with Crippen molar-refractivity contribution in [3.63, 3.8) is 0 Å². The number of carbonyl (C=O) groups is 1. The zero-order valence-electron chi connectivity index (χ0n) is 11.2. The first kappa shape index (κ1) is 14.3. The largest absolute Gasteiger partial charge is 0.409 e. The highest BCUT2D eigenvalue weighted by molar-refractivity contribution is 6.12. The Balaban J connectivity index is 2.07. The van der Waals surface area contributed by atoms with Crippen LogP contribution in [0.1, 0.15) is 24.8 Å². The molecule has 5 N–H and O–H groups in total. The van der Waals surface area contributed by atoms with Crippen LogP contribution in [0.3, 0.4) is 0 Å². The fourth-order valence-electron chi connectivity index (χ4n) is 2.36.